The van der Waals surface area contributed by atoms with Crippen molar-refractivity contribution in [1.82, 2.24) is 5.32 Å². The van der Waals surface area contributed by atoms with Crippen LogP contribution in [0.4, 0.5) is 0 Å². The molecule has 0 unspecified atom stereocenters. The number of rotatable bonds is 14. The van der Waals surface area contributed by atoms with E-state index in [0.29, 0.717) is 44.1 Å². The van der Waals surface area contributed by atoms with Crippen LogP contribution in [0.5, 0.6) is 11.5 Å². The number of hydrogen-bond donors (Lipinski definition) is 2. The molecule has 0 atom stereocenters. The van der Waals surface area contributed by atoms with Gasteiger partial charge >= 0.3 is 0 Å². The van der Waals surface area contributed by atoms with Crippen LogP contribution < -0.4 is 14.8 Å². The van der Waals surface area contributed by atoms with Gasteiger partial charge < -0.3 is 19.9 Å². The van der Waals surface area contributed by atoms with E-state index in [-0.39, 0.29) is 12.5 Å². The Morgan fingerprint density at radius 3 is 2.00 bits per heavy atom. The molecule has 3 rings (SSSR count). The number of carbonyl (C=O) groups excluding carboxylic acids is 1. The quantitative estimate of drug-likeness (QED) is 0.339. The number of aliphatic hydroxyl groups is 1. The van der Waals surface area contributed by atoms with Gasteiger partial charge in [0.25, 0.3) is 0 Å². The van der Waals surface area contributed by atoms with E-state index in [1.54, 1.807) is 0 Å². The van der Waals surface area contributed by atoms with E-state index in [2.05, 4.69) is 5.32 Å². The third kappa shape index (κ3) is 8.99. The first kappa shape index (κ1) is 24.3. The molecule has 0 fully saturated rings. The molecule has 5 heteroatoms. The van der Waals surface area contributed by atoms with Gasteiger partial charge in [-0.15, -0.1) is 0 Å². The average Bonchev–Trinajstić information content (AvgIpc) is 2.86. The van der Waals surface area contributed by atoms with E-state index >= 15 is 0 Å². The number of ether oxygens (including phenoxy) is 2. The lowest BCUT2D eigenvalue weighted by Crippen LogP contribution is -2.25. The second kappa shape index (κ2) is 14.0. The largest absolute Gasteiger partial charge is 0.485 e. The van der Waals surface area contributed by atoms with Crippen molar-refractivity contribution in [3.05, 3.63) is 95.6 Å². The molecular weight excluding hydrogens is 414 g/mol. The molecule has 0 aromatic heterocycles. The number of aliphatic hydroxyl groups excluding tert-OH is 1. The first-order valence-corrected chi connectivity index (χ1v) is 11.6. The lowest BCUT2D eigenvalue weighted by atomic mass is 10.1. The van der Waals surface area contributed by atoms with E-state index in [1.165, 1.54) is 0 Å². The number of unbranched alkanes of at least 4 members (excludes halogenated alkanes) is 2. The average molecular weight is 448 g/mol. The van der Waals surface area contributed by atoms with E-state index in [0.717, 1.165) is 36.0 Å². The Balaban J connectivity index is 1.58. The fourth-order valence-corrected chi connectivity index (χ4v) is 3.42. The fourth-order valence-electron chi connectivity index (χ4n) is 3.42. The van der Waals surface area contributed by atoms with Gasteiger partial charge in [-0.3, -0.25) is 4.79 Å². The molecule has 0 saturated heterocycles. The van der Waals surface area contributed by atoms with Crippen LogP contribution in [0.3, 0.4) is 0 Å². The van der Waals surface area contributed by atoms with Gasteiger partial charge in [-0.25, -0.2) is 0 Å². The molecule has 33 heavy (non-hydrogen) atoms. The van der Waals surface area contributed by atoms with Crippen molar-refractivity contribution in [2.75, 3.05) is 13.2 Å². The summed E-state index contributed by atoms with van der Waals surface area (Å²) in [4.78, 5) is 12.0. The van der Waals surface area contributed by atoms with Crippen LogP contribution in [0.2, 0.25) is 0 Å². The predicted octanol–water partition coefficient (Wildman–Crippen LogP) is 5.06. The molecule has 3 aromatic rings. The van der Waals surface area contributed by atoms with Crippen molar-refractivity contribution < 1.29 is 19.4 Å². The molecule has 0 spiro atoms. The summed E-state index contributed by atoms with van der Waals surface area (Å²) in [6.45, 7) is 1.67. The van der Waals surface area contributed by atoms with E-state index in [1.807, 2.05) is 78.9 Å². The second-order valence-electron chi connectivity index (χ2n) is 7.96. The molecule has 0 saturated carbocycles. The van der Waals surface area contributed by atoms with Crippen molar-refractivity contribution in [2.45, 2.75) is 45.3 Å². The molecule has 0 radical (unpaired) electrons. The Morgan fingerprint density at radius 1 is 0.727 bits per heavy atom. The first-order valence-electron chi connectivity index (χ1n) is 11.6. The number of carbonyl (C=O) groups is 1. The topological polar surface area (TPSA) is 67.8 Å². The monoisotopic (exact) mass is 447 g/mol. The van der Waals surface area contributed by atoms with Crippen LogP contribution >= 0.6 is 0 Å². The minimum atomic E-state index is 0.0521. The van der Waals surface area contributed by atoms with Gasteiger partial charge in [0.1, 0.15) is 13.2 Å². The lowest BCUT2D eigenvalue weighted by molar-refractivity contribution is -0.121. The minimum absolute atomic E-state index is 0.0521. The van der Waals surface area contributed by atoms with Crippen LogP contribution in [-0.2, 0) is 24.4 Å². The summed E-state index contributed by atoms with van der Waals surface area (Å²) in [5, 5.41) is 11.8. The molecule has 0 heterocycles. The van der Waals surface area contributed by atoms with Crippen molar-refractivity contribution in [2.24, 2.45) is 0 Å². The summed E-state index contributed by atoms with van der Waals surface area (Å²) in [7, 11) is 0. The van der Waals surface area contributed by atoms with Crippen molar-refractivity contribution in [1.29, 1.82) is 0 Å². The molecule has 174 valence electrons. The number of benzene rings is 3. The Bertz CT molecular complexity index is 960. The van der Waals surface area contributed by atoms with Crippen molar-refractivity contribution >= 4 is 5.91 Å². The summed E-state index contributed by atoms with van der Waals surface area (Å²) in [5.74, 6) is 1.45. The Kier molecular flexibility index (Phi) is 10.3. The highest BCUT2D eigenvalue weighted by Crippen LogP contribution is 2.30. The lowest BCUT2D eigenvalue weighted by Gasteiger charge is -2.15. The van der Waals surface area contributed by atoms with Gasteiger partial charge in [0.2, 0.25) is 5.91 Å². The highest BCUT2D eigenvalue weighted by molar-refractivity contribution is 5.75. The van der Waals surface area contributed by atoms with Gasteiger partial charge in [-0.1, -0.05) is 73.2 Å². The highest BCUT2D eigenvalue weighted by Gasteiger charge is 2.09. The molecule has 3 aromatic carbocycles. The van der Waals surface area contributed by atoms with Gasteiger partial charge in [0, 0.05) is 19.6 Å². The third-order valence-corrected chi connectivity index (χ3v) is 5.28. The van der Waals surface area contributed by atoms with Gasteiger partial charge in [-0.05, 0) is 48.1 Å². The molecule has 2 N–H and O–H groups in total. The molecule has 1 amide bonds. The normalized spacial score (nSPS) is 10.6. The van der Waals surface area contributed by atoms with Crippen LogP contribution in [0.1, 0.15) is 42.4 Å². The number of nitrogens with one attached hydrogen (secondary N) is 1. The Labute approximate surface area is 196 Å². The molecule has 0 aliphatic carbocycles. The molecule has 0 aliphatic rings. The standard InChI is InChI=1S/C28H33NO4/c30-19-9-3-8-14-28(31)29-18-17-23-15-16-26(32-21-24-10-4-1-5-11-24)27(20-23)33-22-25-12-6-2-7-13-25/h1-2,4-7,10-13,15-16,20,30H,3,8-9,14,17-19,21-22H2,(H,29,31). The Morgan fingerprint density at radius 2 is 1.36 bits per heavy atom. The molecule has 0 bridgehead atoms. The maximum absolute atomic E-state index is 12.0. The van der Waals surface area contributed by atoms with E-state index < -0.39 is 0 Å². The van der Waals surface area contributed by atoms with E-state index in [9.17, 15) is 4.79 Å². The SMILES string of the molecule is O=C(CCCCCO)NCCc1ccc(OCc2ccccc2)c(OCc2ccccc2)c1. The third-order valence-electron chi connectivity index (χ3n) is 5.28. The zero-order chi connectivity index (χ0) is 23.1. The highest BCUT2D eigenvalue weighted by atomic mass is 16.5. The number of amides is 1. The first-order chi connectivity index (χ1) is 16.2. The summed E-state index contributed by atoms with van der Waals surface area (Å²) >= 11 is 0. The number of hydrogen-bond acceptors (Lipinski definition) is 4. The van der Waals surface area contributed by atoms with Crippen molar-refractivity contribution in [3.8, 4) is 11.5 Å². The van der Waals surface area contributed by atoms with Crippen LogP contribution in [0.25, 0.3) is 0 Å². The van der Waals surface area contributed by atoms with Gasteiger partial charge in [-0.2, -0.15) is 0 Å². The predicted molar refractivity (Wildman–Crippen MR) is 130 cm³/mol. The molecular formula is C28H33NO4. The van der Waals surface area contributed by atoms with Crippen LogP contribution in [0, 0.1) is 0 Å². The van der Waals surface area contributed by atoms with Crippen LogP contribution in [-0.4, -0.2) is 24.2 Å². The maximum atomic E-state index is 12.0. The fraction of sp³-hybridized carbons (Fsp3) is 0.321. The molecule has 0 aliphatic heterocycles. The summed E-state index contributed by atoms with van der Waals surface area (Å²) < 4.78 is 12.2. The zero-order valence-electron chi connectivity index (χ0n) is 19.0. The second-order valence-corrected chi connectivity index (χ2v) is 7.96. The summed E-state index contributed by atoms with van der Waals surface area (Å²) in [5.41, 5.74) is 3.26. The maximum Gasteiger partial charge on any atom is 0.220 e. The molecule has 5 nitrogen and oxygen atoms in total. The Hall–Kier alpha value is -3.31. The van der Waals surface area contributed by atoms with E-state index in [4.69, 9.17) is 14.6 Å². The smallest absolute Gasteiger partial charge is 0.220 e. The summed E-state index contributed by atoms with van der Waals surface area (Å²) in [6.07, 6.45) is 3.63. The minimum Gasteiger partial charge on any atom is -0.485 e. The summed E-state index contributed by atoms with van der Waals surface area (Å²) in [6, 6.07) is 26.0. The van der Waals surface area contributed by atoms with Crippen molar-refractivity contribution in [3.63, 3.8) is 0 Å². The zero-order valence-corrected chi connectivity index (χ0v) is 19.0. The van der Waals surface area contributed by atoms with Gasteiger partial charge in [0.15, 0.2) is 11.5 Å². The van der Waals surface area contributed by atoms with Crippen LogP contribution in [0.15, 0.2) is 78.9 Å². The van der Waals surface area contributed by atoms with Gasteiger partial charge in [0.05, 0.1) is 0 Å².